The number of H-pyrrole nitrogens is 1. The standard InChI is InChI=1S/C19H13F3N4O3/c20-19(21,22)11-2-1-3-13-10(11)6-14(29-13)17-16-12(24-8-25-16)4-5-26(17)18(27)15-7-23-9-28-15/h1-3,6-9,17H,4-5H2,(H,24,25)/t17-/m0/s1. The number of rotatable bonds is 2. The monoisotopic (exact) mass is 402 g/mol. The van der Waals surface area contributed by atoms with Crippen LogP contribution in [0.4, 0.5) is 13.2 Å². The van der Waals surface area contributed by atoms with Gasteiger partial charge in [0.05, 0.1) is 23.8 Å². The van der Waals surface area contributed by atoms with Gasteiger partial charge in [-0.25, -0.2) is 9.97 Å². The molecule has 4 aromatic rings. The number of halogens is 3. The summed E-state index contributed by atoms with van der Waals surface area (Å²) in [5.74, 6) is -0.226. The van der Waals surface area contributed by atoms with Crippen molar-refractivity contribution in [2.75, 3.05) is 6.54 Å². The summed E-state index contributed by atoms with van der Waals surface area (Å²) in [6, 6.07) is 4.28. The van der Waals surface area contributed by atoms with E-state index in [1.54, 1.807) is 0 Å². The normalized spacial score (nSPS) is 16.9. The van der Waals surface area contributed by atoms with Crippen LogP contribution in [-0.2, 0) is 12.6 Å². The van der Waals surface area contributed by atoms with Crippen LogP contribution in [0.5, 0.6) is 0 Å². The molecule has 1 atom stereocenters. The van der Waals surface area contributed by atoms with Gasteiger partial charge >= 0.3 is 6.18 Å². The number of amides is 1. The van der Waals surface area contributed by atoms with Gasteiger partial charge in [-0.05, 0) is 18.2 Å². The van der Waals surface area contributed by atoms with E-state index < -0.39 is 23.7 Å². The van der Waals surface area contributed by atoms with Crippen molar-refractivity contribution in [3.05, 3.63) is 71.7 Å². The fourth-order valence-electron chi connectivity index (χ4n) is 3.71. The van der Waals surface area contributed by atoms with Gasteiger partial charge in [0.25, 0.3) is 5.91 Å². The molecule has 1 aliphatic rings. The number of aromatic nitrogens is 3. The van der Waals surface area contributed by atoms with Crippen LogP contribution in [-0.4, -0.2) is 32.3 Å². The van der Waals surface area contributed by atoms with Gasteiger partial charge in [-0.1, -0.05) is 6.07 Å². The predicted molar refractivity (Wildman–Crippen MR) is 92.9 cm³/mol. The van der Waals surface area contributed by atoms with Gasteiger partial charge in [-0.15, -0.1) is 0 Å². The lowest BCUT2D eigenvalue weighted by atomic mass is 9.99. The Balaban J connectivity index is 1.66. The van der Waals surface area contributed by atoms with Crippen molar-refractivity contribution >= 4 is 16.9 Å². The molecule has 1 aromatic carbocycles. The molecule has 10 heteroatoms. The van der Waals surface area contributed by atoms with E-state index in [0.29, 0.717) is 18.7 Å². The number of nitrogens with zero attached hydrogens (tertiary/aromatic N) is 3. The summed E-state index contributed by atoms with van der Waals surface area (Å²) in [5.41, 5.74) is 0.616. The lowest BCUT2D eigenvalue weighted by Gasteiger charge is -2.33. The highest BCUT2D eigenvalue weighted by atomic mass is 19.4. The van der Waals surface area contributed by atoms with Gasteiger partial charge in [-0.2, -0.15) is 13.2 Å². The van der Waals surface area contributed by atoms with Crippen LogP contribution in [0.1, 0.15) is 39.3 Å². The zero-order valence-electron chi connectivity index (χ0n) is 14.7. The number of imidazole rings is 1. The van der Waals surface area contributed by atoms with Crippen LogP contribution in [0.25, 0.3) is 11.0 Å². The third-order valence-electron chi connectivity index (χ3n) is 4.98. The fraction of sp³-hybridized carbons (Fsp3) is 0.211. The fourth-order valence-corrected chi connectivity index (χ4v) is 3.71. The first-order valence-electron chi connectivity index (χ1n) is 8.75. The number of carbonyl (C=O) groups excluding carboxylic acids is 1. The number of nitrogens with one attached hydrogen (secondary N) is 1. The number of oxazole rings is 1. The molecule has 148 valence electrons. The van der Waals surface area contributed by atoms with Crippen molar-refractivity contribution in [1.82, 2.24) is 19.9 Å². The molecule has 0 bridgehead atoms. The minimum absolute atomic E-state index is 0.0288. The highest BCUT2D eigenvalue weighted by Gasteiger charge is 2.39. The molecule has 0 spiro atoms. The Kier molecular flexibility index (Phi) is 3.76. The molecule has 0 saturated heterocycles. The Morgan fingerprint density at radius 2 is 2.17 bits per heavy atom. The molecule has 0 unspecified atom stereocenters. The third-order valence-corrected chi connectivity index (χ3v) is 4.98. The highest BCUT2D eigenvalue weighted by Crippen LogP contribution is 2.40. The molecule has 0 saturated carbocycles. The van der Waals surface area contributed by atoms with E-state index in [4.69, 9.17) is 8.83 Å². The van der Waals surface area contributed by atoms with Crippen LogP contribution in [0.2, 0.25) is 0 Å². The van der Waals surface area contributed by atoms with Crippen molar-refractivity contribution in [2.24, 2.45) is 0 Å². The van der Waals surface area contributed by atoms with E-state index in [1.807, 2.05) is 0 Å². The predicted octanol–water partition coefficient (Wildman–Crippen LogP) is 3.95. The molecular formula is C19H13F3N4O3. The van der Waals surface area contributed by atoms with Gasteiger partial charge in [0.15, 0.2) is 6.39 Å². The second kappa shape index (κ2) is 6.23. The topological polar surface area (TPSA) is 88.2 Å². The summed E-state index contributed by atoms with van der Waals surface area (Å²) in [4.78, 5) is 25.5. The average Bonchev–Trinajstić information content (AvgIpc) is 3.45. The maximum atomic E-state index is 13.4. The summed E-state index contributed by atoms with van der Waals surface area (Å²) in [7, 11) is 0. The van der Waals surface area contributed by atoms with E-state index in [2.05, 4.69) is 15.0 Å². The van der Waals surface area contributed by atoms with Gasteiger partial charge in [-0.3, -0.25) is 4.79 Å². The second-order valence-electron chi connectivity index (χ2n) is 6.65. The van der Waals surface area contributed by atoms with Gasteiger partial charge < -0.3 is 18.7 Å². The number of fused-ring (bicyclic) bond motifs is 2. The Morgan fingerprint density at radius 1 is 1.31 bits per heavy atom. The Bertz CT molecular complexity index is 1190. The Morgan fingerprint density at radius 3 is 2.93 bits per heavy atom. The highest BCUT2D eigenvalue weighted by molar-refractivity contribution is 5.92. The molecule has 7 nitrogen and oxygen atoms in total. The van der Waals surface area contributed by atoms with Crippen molar-refractivity contribution < 1.29 is 26.8 Å². The minimum Gasteiger partial charge on any atom is -0.458 e. The van der Waals surface area contributed by atoms with E-state index in [-0.39, 0.29) is 22.5 Å². The molecule has 1 N–H and O–H groups in total. The molecule has 1 aliphatic heterocycles. The molecule has 0 aliphatic carbocycles. The number of hydrogen-bond donors (Lipinski definition) is 1. The molecule has 5 rings (SSSR count). The molecule has 1 amide bonds. The van der Waals surface area contributed by atoms with E-state index in [0.717, 1.165) is 18.2 Å². The Labute approximate surface area is 161 Å². The molecular weight excluding hydrogens is 389 g/mol. The van der Waals surface area contributed by atoms with Gasteiger partial charge in [0, 0.05) is 24.0 Å². The van der Waals surface area contributed by atoms with Gasteiger partial charge in [0.2, 0.25) is 5.76 Å². The zero-order chi connectivity index (χ0) is 20.2. The van der Waals surface area contributed by atoms with E-state index >= 15 is 0 Å². The summed E-state index contributed by atoms with van der Waals surface area (Å²) in [6.07, 6.45) is -0.0908. The number of carbonyl (C=O) groups is 1. The Hall–Kier alpha value is -3.56. The average molecular weight is 402 g/mol. The number of furan rings is 1. The van der Waals surface area contributed by atoms with Crippen LogP contribution in [0, 0.1) is 0 Å². The number of hydrogen-bond acceptors (Lipinski definition) is 5. The lowest BCUT2D eigenvalue weighted by molar-refractivity contribution is -0.136. The molecule has 0 radical (unpaired) electrons. The first-order valence-corrected chi connectivity index (χ1v) is 8.75. The third kappa shape index (κ3) is 2.79. The molecule has 0 fully saturated rings. The first kappa shape index (κ1) is 17.5. The van der Waals surface area contributed by atoms with Crippen molar-refractivity contribution in [2.45, 2.75) is 18.6 Å². The van der Waals surface area contributed by atoms with E-state index in [9.17, 15) is 18.0 Å². The number of aromatic amines is 1. The SMILES string of the molecule is O=C(c1cnco1)N1CCc2[nH]cnc2[C@@H]1c1cc2c(C(F)(F)F)cccc2o1. The summed E-state index contributed by atoms with van der Waals surface area (Å²) >= 11 is 0. The summed E-state index contributed by atoms with van der Waals surface area (Å²) in [5, 5.41) is -0.0651. The lowest BCUT2D eigenvalue weighted by Crippen LogP contribution is -2.40. The maximum absolute atomic E-state index is 13.4. The quantitative estimate of drug-likeness (QED) is 0.549. The van der Waals surface area contributed by atoms with E-state index in [1.165, 1.54) is 35.6 Å². The van der Waals surface area contributed by atoms with Crippen molar-refractivity contribution in [1.29, 1.82) is 0 Å². The summed E-state index contributed by atoms with van der Waals surface area (Å²) in [6.45, 7) is 0.308. The molecule has 29 heavy (non-hydrogen) atoms. The number of benzene rings is 1. The first-order chi connectivity index (χ1) is 13.9. The summed E-state index contributed by atoms with van der Waals surface area (Å²) < 4.78 is 51.1. The van der Waals surface area contributed by atoms with Gasteiger partial charge in [0.1, 0.15) is 17.4 Å². The molecule has 4 heterocycles. The second-order valence-corrected chi connectivity index (χ2v) is 6.65. The van der Waals surface area contributed by atoms with Crippen LogP contribution in [0.3, 0.4) is 0 Å². The smallest absolute Gasteiger partial charge is 0.417 e. The van der Waals surface area contributed by atoms with Crippen LogP contribution >= 0.6 is 0 Å². The van der Waals surface area contributed by atoms with Crippen molar-refractivity contribution in [3.8, 4) is 0 Å². The zero-order valence-corrected chi connectivity index (χ0v) is 14.7. The van der Waals surface area contributed by atoms with Crippen molar-refractivity contribution in [3.63, 3.8) is 0 Å². The molecule has 3 aromatic heterocycles. The minimum atomic E-state index is -4.53. The van der Waals surface area contributed by atoms with Crippen LogP contribution < -0.4 is 0 Å². The maximum Gasteiger partial charge on any atom is 0.417 e. The largest absolute Gasteiger partial charge is 0.458 e. The van der Waals surface area contributed by atoms with Crippen LogP contribution in [0.15, 0.2) is 52.0 Å². The number of alkyl halides is 3.